The molecule has 0 spiro atoms. The van der Waals surface area contributed by atoms with E-state index in [1.165, 1.54) is 0 Å². The van der Waals surface area contributed by atoms with Crippen LogP contribution in [-0.2, 0) is 4.74 Å². The zero-order chi connectivity index (χ0) is 18.5. The molecule has 3 heterocycles. The van der Waals surface area contributed by atoms with Crippen LogP contribution in [0, 0.1) is 5.92 Å². The molecule has 0 bridgehead atoms. The molecule has 0 N–H and O–H groups in total. The molecule has 3 rings (SSSR count). The summed E-state index contributed by atoms with van der Waals surface area (Å²) in [6.45, 7) is 8.72. The Labute approximate surface area is 154 Å². The van der Waals surface area contributed by atoms with Gasteiger partial charge in [-0.2, -0.15) is 0 Å². The second-order valence-corrected chi connectivity index (χ2v) is 7.08. The highest BCUT2D eigenvalue weighted by molar-refractivity contribution is 5.94. The second-order valence-electron chi connectivity index (χ2n) is 7.08. The number of rotatable bonds is 3. The molecule has 0 aliphatic carbocycles. The van der Waals surface area contributed by atoms with E-state index in [9.17, 15) is 9.59 Å². The third kappa shape index (κ3) is 4.26. The number of ether oxygens (including phenoxy) is 1. The third-order valence-electron chi connectivity index (χ3n) is 5.21. The highest BCUT2D eigenvalue weighted by Crippen LogP contribution is 2.21. The van der Waals surface area contributed by atoms with E-state index in [0.717, 1.165) is 31.6 Å². The zero-order valence-electron chi connectivity index (χ0n) is 15.7. The summed E-state index contributed by atoms with van der Waals surface area (Å²) < 4.78 is 5.05. The van der Waals surface area contributed by atoms with Crippen molar-refractivity contribution in [2.24, 2.45) is 5.92 Å². The van der Waals surface area contributed by atoms with Crippen LogP contribution in [0.2, 0.25) is 0 Å². The van der Waals surface area contributed by atoms with Gasteiger partial charge in [-0.3, -0.25) is 9.78 Å². The van der Waals surface area contributed by atoms with Gasteiger partial charge in [-0.1, -0.05) is 6.92 Å². The smallest absolute Gasteiger partial charge is 0.409 e. The first-order chi connectivity index (χ1) is 12.6. The van der Waals surface area contributed by atoms with Gasteiger partial charge in [-0.05, 0) is 31.7 Å². The first-order valence-corrected chi connectivity index (χ1v) is 9.49. The van der Waals surface area contributed by atoms with Gasteiger partial charge in [0.05, 0.1) is 24.1 Å². The number of carbonyl (C=O) groups is 2. The second kappa shape index (κ2) is 8.38. The summed E-state index contributed by atoms with van der Waals surface area (Å²) in [6, 6.07) is 1.92. The van der Waals surface area contributed by atoms with E-state index in [-0.39, 0.29) is 12.0 Å². The van der Waals surface area contributed by atoms with Crippen molar-refractivity contribution < 1.29 is 14.3 Å². The van der Waals surface area contributed by atoms with Crippen LogP contribution in [0.5, 0.6) is 0 Å². The number of aromatic nitrogens is 1. The molecule has 0 atom stereocenters. The lowest BCUT2D eigenvalue weighted by molar-refractivity contribution is 0.0696. The molecule has 2 saturated heterocycles. The Morgan fingerprint density at radius 2 is 1.77 bits per heavy atom. The number of piperidine rings is 1. The van der Waals surface area contributed by atoms with Crippen molar-refractivity contribution in [2.75, 3.05) is 50.8 Å². The predicted molar refractivity (Wildman–Crippen MR) is 99.3 cm³/mol. The zero-order valence-corrected chi connectivity index (χ0v) is 15.7. The Kier molecular flexibility index (Phi) is 5.96. The quantitative estimate of drug-likeness (QED) is 0.827. The lowest BCUT2D eigenvalue weighted by Gasteiger charge is -2.35. The van der Waals surface area contributed by atoms with Gasteiger partial charge in [0, 0.05) is 45.5 Å². The molecule has 26 heavy (non-hydrogen) atoms. The number of hydrogen-bond donors (Lipinski definition) is 0. The molecule has 2 aliphatic rings. The number of amides is 2. The number of hydrogen-bond acceptors (Lipinski definition) is 5. The molecule has 2 fully saturated rings. The first-order valence-electron chi connectivity index (χ1n) is 9.49. The van der Waals surface area contributed by atoms with Crippen molar-refractivity contribution >= 4 is 17.7 Å². The van der Waals surface area contributed by atoms with Crippen molar-refractivity contribution in [3.8, 4) is 0 Å². The molecular formula is C19H28N4O3. The monoisotopic (exact) mass is 360 g/mol. The van der Waals surface area contributed by atoms with Crippen molar-refractivity contribution in [2.45, 2.75) is 26.7 Å². The van der Waals surface area contributed by atoms with Crippen LogP contribution in [0.15, 0.2) is 18.5 Å². The first kappa shape index (κ1) is 18.5. The fourth-order valence-corrected chi connectivity index (χ4v) is 3.47. The maximum atomic E-state index is 12.8. The van der Waals surface area contributed by atoms with Gasteiger partial charge in [0.2, 0.25) is 0 Å². The van der Waals surface area contributed by atoms with E-state index in [2.05, 4.69) is 16.8 Å². The fraction of sp³-hybridized carbons (Fsp3) is 0.632. The van der Waals surface area contributed by atoms with E-state index in [1.807, 2.05) is 17.9 Å². The normalized spacial score (nSPS) is 18.8. The molecule has 0 unspecified atom stereocenters. The van der Waals surface area contributed by atoms with Gasteiger partial charge in [0.1, 0.15) is 0 Å². The molecule has 1 aromatic heterocycles. The highest BCUT2D eigenvalue weighted by Gasteiger charge is 2.24. The van der Waals surface area contributed by atoms with E-state index < -0.39 is 0 Å². The number of likely N-dealkylation sites (tertiary alicyclic amines) is 1. The van der Waals surface area contributed by atoms with Crippen LogP contribution in [0.3, 0.4) is 0 Å². The van der Waals surface area contributed by atoms with Crippen LogP contribution < -0.4 is 4.90 Å². The number of pyridine rings is 1. The maximum Gasteiger partial charge on any atom is 0.409 e. The Hall–Kier alpha value is -2.31. The minimum Gasteiger partial charge on any atom is -0.450 e. The van der Waals surface area contributed by atoms with Crippen LogP contribution in [0.4, 0.5) is 10.5 Å². The van der Waals surface area contributed by atoms with Gasteiger partial charge in [0.25, 0.3) is 5.91 Å². The summed E-state index contributed by atoms with van der Waals surface area (Å²) in [6.07, 6.45) is 5.31. The summed E-state index contributed by atoms with van der Waals surface area (Å²) in [5.74, 6) is 0.760. The third-order valence-corrected chi connectivity index (χ3v) is 5.21. The minimum atomic E-state index is -0.256. The average Bonchev–Trinajstić information content (AvgIpc) is 2.68. The molecule has 7 nitrogen and oxygen atoms in total. The van der Waals surface area contributed by atoms with E-state index >= 15 is 0 Å². The molecule has 2 aliphatic heterocycles. The minimum absolute atomic E-state index is 0.0661. The summed E-state index contributed by atoms with van der Waals surface area (Å²) in [4.78, 5) is 34.7. The van der Waals surface area contributed by atoms with Crippen molar-refractivity contribution in [3.05, 3.63) is 24.0 Å². The Bertz CT molecular complexity index is 635. The van der Waals surface area contributed by atoms with Gasteiger partial charge >= 0.3 is 6.09 Å². The van der Waals surface area contributed by atoms with Crippen molar-refractivity contribution in [1.29, 1.82) is 0 Å². The van der Waals surface area contributed by atoms with Gasteiger partial charge in [0.15, 0.2) is 0 Å². The lowest BCUT2D eigenvalue weighted by atomic mass is 9.99. The molecular weight excluding hydrogens is 332 g/mol. The highest BCUT2D eigenvalue weighted by atomic mass is 16.6. The average molecular weight is 360 g/mol. The summed E-state index contributed by atoms with van der Waals surface area (Å²) >= 11 is 0. The Morgan fingerprint density at radius 1 is 1.08 bits per heavy atom. The number of carbonyl (C=O) groups excluding carboxylic acids is 2. The molecule has 0 saturated carbocycles. The number of nitrogens with zero attached hydrogens (tertiary/aromatic N) is 4. The Balaban J connectivity index is 1.61. The number of piperazine rings is 1. The molecule has 2 amide bonds. The summed E-state index contributed by atoms with van der Waals surface area (Å²) in [5, 5.41) is 0. The SMILES string of the molecule is CCOC(=O)N1CCN(c2cncc(C(=O)N3CCC(C)CC3)c2)CC1. The molecule has 142 valence electrons. The lowest BCUT2D eigenvalue weighted by Crippen LogP contribution is -2.49. The van der Waals surface area contributed by atoms with Gasteiger partial charge < -0.3 is 19.4 Å². The van der Waals surface area contributed by atoms with Crippen molar-refractivity contribution in [1.82, 2.24) is 14.8 Å². The molecule has 0 radical (unpaired) electrons. The summed E-state index contributed by atoms with van der Waals surface area (Å²) in [5.41, 5.74) is 1.58. The molecule has 0 aromatic carbocycles. The van der Waals surface area contributed by atoms with E-state index in [4.69, 9.17) is 4.74 Å². The van der Waals surface area contributed by atoms with Crippen LogP contribution in [0.25, 0.3) is 0 Å². The fourth-order valence-electron chi connectivity index (χ4n) is 3.47. The van der Waals surface area contributed by atoms with Crippen LogP contribution in [0.1, 0.15) is 37.0 Å². The summed E-state index contributed by atoms with van der Waals surface area (Å²) in [7, 11) is 0. The van der Waals surface area contributed by atoms with Gasteiger partial charge in [-0.15, -0.1) is 0 Å². The van der Waals surface area contributed by atoms with E-state index in [1.54, 1.807) is 17.3 Å². The van der Waals surface area contributed by atoms with Crippen molar-refractivity contribution in [3.63, 3.8) is 0 Å². The van der Waals surface area contributed by atoms with Gasteiger partial charge in [-0.25, -0.2) is 4.79 Å². The van der Waals surface area contributed by atoms with Crippen LogP contribution in [-0.4, -0.2) is 72.7 Å². The molecule has 7 heteroatoms. The number of anilines is 1. The topological polar surface area (TPSA) is 66.0 Å². The van der Waals surface area contributed by atoms with Crippen LogP contribution >= 0.6 is 0 Å². The van der Waals surface area contributed by atoms with E-state index in [0.29, 0.717) is 44.3 Å². The largest absolute Gasteiger partial charge is 0.450 e. The standard InChI is InChI=1S/C19H28N4O3/c1-3-26-19(25)23-10-8-21(9-11-23)17-12-16(13-20-14-17)18(24)22-6-4-15(2)5-7-22/h12-15H,3-11H2,1-2H3. The molecule has 1 aromatic rings. The Morgan fingerprint density at radius 3 is 2.42 bits per heavy atom. The maximum absolute atomic E-state index is 12.8. The predicted octanol–water partition coefficient (Wildman–Crippen LogP) is 2.23.